The summed E-state index contributed by atoms with van der Waals surface area (Å²) < 4.78 is 31.0. The molecule has 1 rings (SSSR count). The van der Waals surface area contributed by atoms with Crippen LogP contribution in [-0.4, -0.2) is 42.6 Å². The molecule has 19 heavy (non-hydrogen) atoms. The van der Waals surface area contributed by atoms with Crippen molar-refractivity contribution in [1.82, 2.24) is 4.31 Å². The zero-order chi connectivity index (χ0) is 14.7. The predicted molar refractivity (Wildman–Crippen MR) is 74.3 cm³/mol. The fourth-order valence-electron chi connectivity index (χ4n) is 2.12. The molecule has 1 aliphatic heterocycles. The molecule has 5 nitrogen and oxygen atoms in total. The van der Waals surface area contributed by atoms with Crippen LogP contribution in [0.15, 0.2) is 0 Å². The Morgan fingerprint density at radius 3 is 2.53 bits per heavy atom. The Morgan fingerprint density at radius 1 is 1.37 bits per heavy atom. The maximum absolute atomic E-state index is 12.2. The third kappa shape index (κ3) is 4.76. The lowest BCUT2D eigenvalue weighted by Crippen LogP contribution is -2.44. The van der Waals surface area contributed by atoms with Gasteiger partial charge in [-0.2, -0.15) is 4.31 Å². The molecule has 0 radical (unpaired) electrons. The number of ether oxygens (including phenoxy) is 1. The van der Waals surface area contributed by atoms with Gasteiger partial charge in [-0.15, -0.1) is 0 Å². The highest BCUT2D eigenvalue weighted by Gasteiger charge is 2.40. The van der Waals surface area contributed by atoms with Crippen LogP contribution < -0.4 is 0 Å². The summed E-state index contributed by atoms with van der Waals surface area (Å²) in [5.41, 5.74) is -0.585. The lowest BCUT2D eigenvalue weighted by Gasteiger charge is -2.26. The molecule has 6 heteroatoms. The Hall–Kier alpha value is -0.620. The molecule has 112 valence electrons. The van der Waals surface area contributed by atoms with Crippen molar-refractivity contribution in [2.75, 3.05) is 12.3 Å². The van der Waals surface area contributed by atoms with Gasteiger partial charge in [-0.25, -0.2) is 8.42 Å². The van der Waals surface area contributed by atoms with Crippen molar-refractivity contribution in [3.63, 3.8) is 0 Å². The van der Waals surface area contributed by atoms with Crippen LogP contribution in [0.4, 0.5) is 0 Å². The van der Waals surface area contributed by atoms with Gasteiger partial charge in [0, 0.05) is 6.54 Å². The first-order chi connectivity index (χ1) is 8.67. The molecule has 0 aromatic heterocycles. The van der Waals surface area contributed by atoms with Crippen LogP contribution in [0.5, 0.6) is 0 Å². The van der Waals surface area contributed by atoms with Crippen LogP contribution in [0.25, 0.3) is 0 Å². The number of nitrogens with zero attached hydrogens (tertiary/aromatic N) is 1. The number of unbranched alkanes of at least 4 members (excludes halogenated alkanes) is 1. The molecule has 0 aliphatic carbocycles. The van der Waals surface area contributed by atoms with Crippen molar-refractivity contribution in [2.24, 2.45) is 0 Å². The highest BCUT2D eigenvalue weighted by atomic mass is 32.2. The van der Waals surface area contributed by atoms with Gasteiger partial charge in [0.25, 0.3) is 0 Å². The monoisotopic (exact) mass is 291 g/mol. The molecule has 0 aromatic carbocycles. The van der Waals surface area contributed by atoms with Crippen molar-refractivity contribution in [1.29, 1.82) is 0 Å². The van der Waals surface area contributed by atoms with Crippen LogP contribution in [0, 0.1) is 0 Å². The Kier molecular flexibility index (Phi) is 5.38. The molecule has 1 saturated heterocycles. The smallest absolute Gasteiger partial charge is 0.324 e. The molecule has 0 unspecified atom stereocenters. The van der Waals surface area contributed by atoms with Gasteiger partial charge >= 0.3 is 5.97 Å². The van der Waals surface area contributed by atoms with E-state index < -0.39 is 27.6 Å². The summed E-state index contributed by atoms with van der Waals surface area (Å²) in [5, 5.41) is 0. The van der Waals surface area contributed by atoms with Crippen LogP contribution in [0.2, 0.25) is 0 Å². The Morgan fingerprint density at radius 2 is 2.00 bits per heavy atom. The first-order valence-corrected chi connectivity index (χ1v) is 8.50. The van der Waals surface area contributed by atoms with E-state index in [2.05, 4.69) is 0 Å². The van der Waals surface area contributed by atoms with Crippen molar-refractivity contribution >= 4 is 16.0 Å². The third-order valence-corrected chi connectivity index (χ3v) is 4.95. The van der Waals surface area contributed by atoms with Gasteiger partial charge in [-0.05, 0) is 40.0 Å². The van der Waals surface area contributed by atoms with E-state index in [1.54, 1.807) is 20.8 Å². The van der Waals surface area contributed by atoms with E-state index in [0.717, 1.165) is 12.8 Å². The minimum Gasteiger partial charge on any atom is -0.459 e. The highest BCUT2D eigenvalue weighted by Crippen LogP contribution is 2.24. The summed E-state index contributed by atoms with van der Waals surface area (Å²) in [5.74, 6) is -0.312. The molecule has 1 heterocycles. The van der Waals surface area contributed by atoms with Gasteiger partial charge in [-0.3, -0.25) is 4.79 Å². The van der Waals surface area contributed by atoms with Crippen molar-refractivity contribution in [3.05, 3.63) is 0 Å². The van der Waals surface area contributed by atoms with Gasteiger partial charge in [0.1, 0.15) is 11.6 Å². The van der Waals surface area contributed by atoms with Gasteiger partial charge in [-0.1, -0.05) is 13.3 Å². The molecule has 0 aromatic rings. The summed E-state index contributed by atoms with van der Waals surface area (Å²) in [6.07, 6.45) is 2.72. The van der Waals surface area contributed by atoms with Crippen molar-refractivity contribution < 1.29 is 17.9 Å². The highest BCUT2D eigenvalue weighted by molar-refractivity contribution is 7.89. The SMILES string of the molecule is CCCCS(=O)(=O)N1CCC[C@@H]1C(=O)OC(C)(C)C. The maximum atomic E-state index is 12.2. The third-order valence-electron chi connectivity index (χ3n) is 3.00. The molecular formula is C13H25NO4S. The number of hydrogen-bond donors (Lipinski definition) is 0. The summed E-state index contributed by atoms with van der Waals surface area (Å²) >= 11 is 0. The van der Waals surface area contributed by atoms with Crippen LogP contribution in [0.1, 0.15) is 53.4 Å². The zero-order valence-electron chi connectivity index (χ0n) is 12.3. The number of carbonyl (C=O) groups is 1. The average Bonchev–Trinajstić information content (AvgIpc) is 2.73. The van der Waals surface area contributed by atoms with Crippen molar-refractivity contribution in [3.8, 4) is 0 Å². The largest absolute Gasteiger partial charge is 0.459 e. The van der Waals surface area contributed by atoms with Gasteiger partial charge in [0.15, 0.2) is 0 Å². The molecule has 1 aliphatic rings. The number of carbonyl (C=O) groups excluding carboxylic acids is 1. The second kappa shape index (κ2) is 6.22. The van der Waals surface area contributed by atoms with E-state index in [-0.39, 0.29) is 5.75 Å². The summed E-state index contributed by atoms with van der Waals surface area (Å²) in [4.78, 5) is 12.1. The van der Waals surface area contributed by atoms with E-state index in [0.29, 0.717) is 19.4 Å². The standard InChI is InChI=1S/C13H25NO4S/c1-5-6-10-19(16,17)14-9-7-8-11(14)12(15)18-13(2,3)4/h11H,5-10H2,1-4H3/t11-/m1/s1. The second-order valence-corrected chi connectivity index (χ2v) is 8.01. The second-order valence-electron chi connectivity index (χ2n) is 5.97. The fraction of sp³-hybridized carbons (Fsp3) is 0.923. The normalized spacial score (nSPS) is 21.6. The molecule has 0 bridgehead atoms. The summed E-state index contributed by atoms with van der Waals surface area (Å²) in [7, 11) is -3.34. The molecular weight excluding hydrogens is 266 g/mol. The van der Waals surface area contributed by atoms with Gasteiger partial charge in [0.05, 0.1) is 5.75 Å². The predicted octanol–water partition coefficient (Wildman–Crippen LogP) is 1.92. The molecule has 1 atom stereocenters. The Bertz CT molecular complexity index is 411. The lowest BCUT2D eigenvalue weighted by molar-refractivity contribution is -0.158. The number of hydrogen-bond acceptors (Lipinski definition) is 4. The molecule has 0 N–H and O–H groups in total. The van der Waals surface area contributed by atoms with Crippen LogP contribution in [0.3, 0.4) is 0 Å². The van der Waals surface area contributed by atoms with Crippen LogP contribution >= 0.6 is 0 Å². The minimum atomic E-state index is -3.34. The van der Waals surface area contributed by atoms with Crippen LogP contribution in [-0.2, 0) is 19.6 Å². The molecule has 0 amide bonds. The molecule has 0 saturated carbocycles. The van der Waals surface area contributed by atoms with E-state index in [1.807, 2.05) is 6.92 Å². The molecule has 1 fully saturated rings. The molecule has 0 spiro atoms. The van der Waals surface area contributed by atoms with Gasteiger partial charge in [0.2, 0.25) is 10.0 Å². The fourth-order valence-corrected chi connectivity index (χ4v) is 4.00. The number of rotatable bonds is 5. The summed E-state index contributed by atoms with van der Waals surface area (Å²) in [6, 6.07) is -0.638. The Labute approximate surface area is 116 Å². The number of esters is 1. The van der Waals surface area contributed by atoms with E-state index in [9.17, 15) is 13.2 Å². The van der Waals surface area contributed by atoms with E-state index in [1.165, 1.54) is 4.31 Å². The maximum Gasteiger partial charge on any atom is 0.324 e. The Balaban J connectivity index is 2.76. The van der Waals surface area contributed by atoms with E-state index >= 15 is 0 Å². The first-order valence-electron chi connectivity index (χ1n) is 6.90. The average molecular weight is 291 g/mol. The van der Waals surface area contributed by atoms with E-state index in [4.69, 9.17) is 4.74 Å². The van der Waals surface area contributed by atoms with Gasteiger partial charge < -0.3 is 4.74 Å². The minimum absolute atomic E-state index is 0.114. The topological polar surface area (TPSA) is 63.7 Å². The first kappa shape index (κ1) is 16.4. The quantitative estimate of drug-likeness (QED) is 0.726. The lowest BCUT2D eigenvalue weighted by atomic mass is 10.2. The zero-order valence-corrected chi connectivity index (χ0v) is 13.1. The number of sulfonamides is 1. The summed E-state index contributed by atoms with van der Waals surface area (Å²) in [6.45, 7) is 7.74. The van der Waals surface area contributed by atoms with Crippen molar-refractivity contribution in [2.45, 2.75) is 65.0 Å².